The number of rotatable bonds is 9. The number of thiol groups is 1. The molecule has 0 aromatic rings. The van der Waals surface area contributed by atoms with E-state index in [2.05, 4.69) is 24.7 Å². The van der Waals surface area contributed by atoms with Crippen LogP contribution in [0.2, 0.25) is 0 Å². The molecular weight excluding hydrogens is 304 g/mol. The molecule has 0 aromatic heterocycles. The minimum atomic E-state index is -0.0275. The van der Waals surface area contributed by atoms with E-state index in [1.807, 2.05) is 11.8 Å². The first kappa shape index (κ1) is 17.9. The highest BCUT2D eigenvalue weighted by Gasteiger charge is 2.33. The average molecular weight is 335 g/mol. The van der Waals surface area contributed by atoms with Gasteiger partial charge in [0.05, 0.1) is 13.2 Å². The molecule has 2 N–H and O–H groups in total. The second kappa shape index (κ2) is 8.99. The van der Waals surface area contributed by atoms with Crippen LogP contribution in [0.1, 0.15) is 45.4 Å². The summed E-state index contributed by atoms with van der Waals surface area (Å²) < 4.78 is 10.8. The summed E-state index contributed by atoms with van der Waals surface area (Å²) >= 11 is 5.76. The summed E-state index contributed by atoms with van der Waals surface area (Å²) in [4.78, 5) is 2.54. The molecule has 124 valence electrons. The average Bonchev–Trinajstić information content (AvgIpc) is 2.44. The summed E-state index contributed by atoms with van der Waals surface area (Å²) in [7, 11) is 0. The van der Waals surface area contributed by atoms with Gasteiger partial charge in [-0.2, -0.15) is 0 Å². The van der Waals surface area contributed by atoms with E-state index in [0.717, 1.165) is 39.0 Å². The minimum Gasteiger partial charge on any atom is -0.366 e. The van der Waals surface area contributed by atoms with Gasteiger partial charge in [0.2, 0.25) is 0 Å². The van der Waals surface area contributed by atoms with Crippen LogP contribution in [0.15, 0.2) is 0 Å². The number of nitrogens with zero attached hydrogens (tertiary/aromatic N) is 1. The third-order valence-electron chi connectivity index (χ3n) is 4.51. The summed E-state index contributed by atoms with van der Waals surface area (Å²) in [6, 6.07) is 0. The molecule has 1 heterocycles. The fourth-order valence-electron chi connectivity index (χ4n) is 3.05. The maximum atomic E-state index is 6.21. The Labute approximate surface area is 139 Å². The number of nitrogens with two attached hydrogens (primary N) is 1. The lowest BCUT2D eigenvalue weighted by Crippen LogP contribution is -2.51. The van der Waals surface area contributed by atoms with Crippen molar-refractivity contribution in [3.05, 3.63) is 0 Å². The lowest BCUT2D eigenvalue weighted by molar-refractivity contribution is 0.0424. The zero-order valence-electron chi connectivity index (χ0n) is 13.1. The molecule has 0 amide bonds. The van der Waals surface area contributed by atoms with E-state index in [9.17, 15) is 0 Å². The van der Waals surface area contributed by atoms with Gasteiger partial charge in [0.25, 0.3) is 0 Å². The van der Waals surface area contributed by atoms with E-state index in [0.29, 0.717) is 5.25 Å². The summed E-state index contributed by atoms with van der Waals surface area (Å²) in [5.41, 5.74) is 6.43. The van der Waals surface area contributed by atoms with Crippen LogP contribution < -0.4 is 5.73 Å². The van der Waals surface area contributed by atoms with Gasteiger partial charge < -0.3 is 19.6 Å². The van der Waals surface area contributed by atoms with Gasteiger partial charge in [-0.1, -0.05) is 0 Å². The Kier molecular flexibility index (Phi) is 7.66. The number of hydrogen-bond acceptors (Lipinski definition) is 6. The number of thioether (sulfide) groups is 1. The number of ether oxygens (including phenoxy) is 1. The number of piperidine rings is 1. The van der Waals surface area contributed by atoms with Crippen molar-refractivity contribution < 1.29 is 8.92 Å². The second-order valence-corrected chi connectivity index (χ2v) is 8.34. The van der Waals surface area contributed by atoms with Crippen molar-refractivity contribution in [1.29, 1.82) is 0 Å². The smallest absolute Gasteiger partial charge is 0.100 e. The predicted molar refractivity (Wildman–Crippen MR) is 92.8 cm³/mol. The highest BCUT2D eigenvalue weighted by molar-refractivity contribution is 8.00. The molecule has 2 aliphatic rings. The zero-order chi connectivity index (χ0) is 15.1. The Morgan fingerprint density at radius 1 is 1.43 bits per heavy atom. The van der Waals surface area contributed by atoms with E-state index in [1.165, 1.54) is 32.4 Å². The monoisotopic (exact) mass is 334 g/mol. The molecular formula is C15H30N2O2S2. The first-order valence-corrected chi connectivity index (χ1v) is 9.47. The van der Waals surface area contributed by atoms with Crippen molar-refractivity contribution in [2.24, 2.45) is 5.73 Å². The third kappa shape index (κ3) is 6.28. The first-order chi connectivity index (χ1) is 10.1. The Hall–Kier alpha value is 0.540. The van der Waals surface area contributed by atoms with Crippen molar-refractivity contribution >= 4 is 24.7 Å². The Bertz CT molecular complexity index is 303. The Balaban J connectivity index is 1.62. The maximum Gasteiger partial charge on any atom is 0.100 e. The summed E-state index contributed by atoms with van der Waals surface area (Å²) in [5.74, 6) is 0. The Morgan fingerprint density at radius 2 is 2.24 bits per heavy atom. The van der Waals surface area contributed by atoms with Crippen LogP contribution in [0.3, 0.4) is 0 Å². The standard InChI is InChI=1S/C15H30N2O2S2/c1-13(18-12-15(16)6-3-7-15)21-14-5-2-8-17(11-14)9-4-10-19-20/h13-14,20H,2-12,16H2,1H3. The van der Waals surface area contributed by atoms with Crippen molar-refractivity contribution in [3.8, 4) is 0 Å². The maximum absolute atomic E-state index is 6.21. The molecule has 2 unspecified atom stereocenters. The number of hydrogen-bond donors (Lipinski definition) is 2. The lowest BCUT2D eigenvalue weighted by Gasteiger charge is -2.39. The molecule has 1 aliphatic carbocycles. The molecule has 1 aliphatic heterocycles. The van der Waals surface area contributed by atoms with Crippen LogP contribution in [-0.2, 0) is 8.92 Å². The summed E-state index contributed by atoms with van der Waals surface area (Å²) in [6.07, 6.45) is 7.14. The van der Waals surface area contributed by atoms with Crippen LogP contribution in [0, 0.1) is 0 Å². The van der Waals surface area contributed by atoms with Gasteiger partial charge in [-0.05, 0) is 64.9 Å². The topological polar surface area (TPSA) is 47.7 Å². The van der Waals surface area contributed by atoms with E-state index in [4.69, 9.17) is 14.7 Å². The minimum absolute atomic E-state index is 0.0275. The van der Waals surface area contributed by atoms with Gasteiger partial charge in [0.1, 0.15) is 5.44 Å². The molecule has 1 saturated heterocycles. The van der Waals surface area contributed by atoms with Crippen LogP contribution in [0.5, 0.6) is 0 Å². The molecule has 0 bridgehead atoms. The van der Waals surface area contributed by atoms with Crippen LogP contribution >= 0.6 is 24.7 Å². The highest BCUT2D eigenvalue weighted by atomic mass is 32.2. The lowest BCUT2D eigenvalue weighted by atomic mass is 9.78. The molecule has 4 nitrogen and oxygen atoms in total. The summed E-state index contributed by atoms with van der Waals surface area (Å²) in [5, 5.41) is 0.681. The van der Waals surface area contributed by atoms with Crippen molar-refractivity contribution in [1.82, 2.24) is 4.90 Å². The first-order valence-electron chi connectivity index (χ1n) is 8.16. The van der Waals surface area contributed by atoms with Gasteiger partial charge in [0.15, 0.2) is 0 Å². The predicted octanol–water partition coefficient (Wildman–Crippen LogP) is 2.68. The fourth-order valence-corrected chi connectivity index (χ4v) is 4.47. The van der Waals surface area contributed by atoms with Crippen molar-refractivity contribution in [2.75, 3.05) is 32.8 Å². The Morgan fingerprint density at radius 3 is 2.90 bits per heavy atom. The van der Waals surface area contributed by atoms with Gasteiger partial charge in [-0.25, -0.2) is 0 Å². The SMILES string of the molecule is CC(OCC1(N)CCC1)SC1CCCN(CCCOS)C1. The molecule has 2 atom stereocenters. The molecule has 6 heteroatoms. The fraction of sp³-hybridized carbons (Fsp3) is 1.00. The van der Waals surface area contributed by atoms with Crippen LogP contribution in [0.4, 0.5) is 0 Å². The van der Waals surface area contributed by atoms with Crippen LogP contribution in [0.25, 0.3) is 0 Å². The van der Waals surface area contributed by atoms with Crippen LogP contribution in [-0.4, -0.2) is 54.0 Å². The largest absolute Gasteiger partial charge is 0.366 e. The quantitative estimate of drug-likeness (QED) is 0.294. The molecule has 2 rings (SSSR count). The van der Waals surface area contributed by atoms with Gasteiger partial charge in [-0.15, -0.1) is 11.8 Å². The van der Waals surface area contributed by atoms with Crippen molar-refractivity contribution in [2.45, 2.75) is 61.7 Å². The molecule has 2 fully saturated rings. The van der Waals surface area contributed by atoms with E-state index in [1.54, 1.807) is 0 Å². The number of likely N-dealkylation sites (tertiary alicyclic amines) is 1. The zero-order valence-corrected chi connectivity index (χ0v) is 14.8. The molecule has 1 saturated carbocycles. The van der Waals surface area contributed by atoms with E-state index in [-0.39, 0.29) is 11.0 Å². The molecule has 0 radical (unpaired) electrons. The highest BCUT2D eigenvalue weighted by Crippen LogP contribution is 2.32. The van der Waals surface area contributed by atoms with Gasteiger partial charge in [-0.3, -0.25) is 0 Å². The molecule has 0 spiro atoms. The molecule has 21 heavy (non-hydrogen) atoms. The normalized spacial score (nSPS) is 27.3. The van der Waals surface area contributed by atoms with Gasteiger partial charge in [0, 0.05) is 23.9 Å². The second-order valence-electron chi connectivity index (χ2n) is 6.48. The van der Waals surface area contributed by atoms with Gasteiger partial charge >= 0.3 is 0 Å². The molecule has 0 aromatic carbocycles. The van der Waals surface area contributed by atoms with E-state index >= 15 is 0 Å². The summed E-state index contributed by atoms with van der Waals surface area (Å²) in [6.45, 7) is 7.11. The van der Waals surface area contributed by atoms with Crippen molar-refractivity contribution in [3.63, 3.8) is 0 Å². The third-order valence-corrected chi connectivity index (χ3v) is 5.98. The van der Waals surface area contributed by atoms with E-state index < -0.39 is 0 Å².